The van der Waals surface area contributed by atoms with Gasteiger partial charge in [0.2, 0.25) is 0 Å². The molecule has 37 heavy (non-hydrogen) atoms. The van der Waals surface area contributed by atoms with Crippen LogP contribution in [0.15, 0.2) is 95.3 Å². The van der Waals surface area contributed by atoms with E-state index in [4.69, 9.17) is 4.74 Å². The van der Waals surface area contributed by atoms with Gasteiger partial charge in [0, 0.05) is 40.9 Å². The second-order valence-corrected chi connectivity index (χ2v) is 9.28. The summed E-state index contributed by atoms with van der Waals surface area (Å²) in [6.45, 7) is 1.77. The van der Waals surface area contributed by atoms with Crippen LogP contribution in [0.2, 0.25) is 0 Å². The molecule has 2 aliphatic rings. The van der Waals surface area contributed by atoms with Crippen molar-refractivity contribution < 1.29 is 23.1 Å². The fraction of sp³-hybridized carbons (Fsp3) is 0.200. The highest BCUT2D eigenvalue weighted by Gasteiger charge is 2.41. The number of hydrogen-bond acceptors (Lipinski definition) is 4. The molecule has 0 spiro atoms. The van der Waals surface area contributed by atoms with Crippen LogP contribution in [0.25, 0.3) is 0 Å². The molecule has 0 saturated heterocycles. The van der Waals surface area contributed by atoms with Crippen molar-refractivity contribution in [3.63, 3.8) is 0 Å². The maximum atomic E-state index is 14.4. The minimum absolute atomic E-state index is 0.0161. The molecule has 1 amide bonds. The van der Waals surface area contributed by atoms with Gasteiger partial charge in [-0.05, 0) is 54.7 Å². The Morgan fingerprint density at radius 3 is 2.46 bits per heavy atom. The van der Waals surface area contributed by atoms with Crippen molar-refractivity contribution in [1.29, 1.82) is 0 Å². The van der Waals surface area contributed by atoms with E-state index in [1.54, 1.807) is 32.2 Å². The van der Waals surface area contributed by atoms with Crippen LogP contribution in [0, 0.1) is 11.6 Å². The lowest BCUT2D eigenvalue weighted by Crippen LogP contribution is -2.37. The molecule has 0 fully saturated rings. The molecule has 0 saturated carbocycles. The molecule has 1 aliphatic carbocycles. The first-order valence-electron chi connectivity index (χ1n) is 12.0. The fourth-order valence-corrected chi connectivity index (χ4v) is 5.24. The van der Waals surface area contributed by atoms with E-state index in [0.29, 0.717) is 47.1 Å². The molecule has 1 aliphatic heterocycles. The van der Waals surface area contributed by atoms with Crippen LogP contribution in [0.4, 0.5) is 14.5 Å². The van der Waals surface area contributed by atoms with Crippen LogP contribution in [0.5, 0.6) is 5.75 Å². The van der Waals surface area contributed by atoms with Gasteiger partial charge in [-0.2, -0.15) is 0 Å². The number of allylic oxidation sites excluding steroid dienone is 3. The Labute approximate surface area is 213 Å². The van der Waals surface area contributed by atoms with E-state index in [-0.39, 0.29) is 17.4 Å². The van der Waals surface area contributed by atoms with Crippen molar-refractivity contribution in [3.8, 4) is 5.75 Å². The van der Waals surface area contributed by atoms with Gasteiger partial charge in [0.15, 0.2) is 5.78 Å². The zero-order chi connectivity index (χ0) is 26.1. The third-order valence-electron chi connectivity index (χ3n) is 6.95. The van der Waals surface area contributed by atoms with Gasteiger partial charge in [-0.1, -0.05) is 42.5 Å². The Bertz CT molecular complexity index is 1450. The van der Waals surface area contributed by atoms with E-state index >= 15 is 0 Å². The molecule has 0 bridgehead atoms. The minimum Gasteiger partial charge on any atom is -0.497 e. The first-order valence-corrected chi connectivity index (χ1v) is 12.0. The number of methoxy groups -OCH3 is 1. The van der Waals surface area contributed by atoms with Crippen molar-refractivity contribution in [2.75, 3.05) is 12.4 Å². The van der Waals surface area contributed by atoms with Gasteiger partial charge in [0.05, 0.1) is 12.8 Å². The smallest absolute Gasteiger partial charge is 0.254 e. The highest BCUT2D eigenvalue weighted by molar-refractivity contribution is 6.10. The van der Waals surface area contributed by atoms with E-state index in [2.05, 4.69) is 10.6 Å². The molecule has 7 heteroatoms. The fourth-order valence-electron chi connectivity index (χ4n) is 5.24. The number of rotatable bonds is 5. The van der Waals surface area contributed by atoms with Gasteiger partial charge in [-0.25, -0.2) is 8.78 Å². The first kappa shape index (κ1) is 24.4. The van der Waals surface area contributed by atoms with Gasteiger partial charge >= 0.3 is 0 Å². The van der Waals surface area contributed by atoms with Crippen molar-refractivity contribution in [2.45, 2.75) is 31.6 Å². The van der Waals surface area contributed by atoms with Crippen LogP contribution in [-0.4, -0.2) is 18.8 Å². The number of amides is 1. The summed E-state index contributed by atoms with van der Waals surface area (Å²) >= 11 is 0. The lowest BCUT2D eigenvalue weighted by Gasteiger charge is -2.37. The largest absolute Gasteiger partial charge is 0.497 e. The SMILES string of the molecule is COc1cccc(C2C(C(=O)Nc3ccc(F)cc3F)=C(C)NC3=C2C(=O)CC(c2ccccc2)C3)c1. The molecule has 188 valence electrons. The summed E-state index contributed by atoms with van der Waals surface area (Å²) in [6.07, 6.45) is 0.927. The monoisotopic (exact) mass is 500 g/mol. The van der Waals surface area contributed by atoms with Crippen molar-refractivity contribution in [1.82, 2.24) is 5.32 Å². The zero-order valence-electron chi connectivity index (χ0n) is 20.5. The van der Waals surface area contributed by atoms with E-state index < -0.39 is 23.5 Å². The maximum absolute atomic E-state index is 14.4. The minimum atomic E-state index is -0.882. The molecular formula is C30H26F2N2O3. The topological polar surface area (TPSA) is 67.4 Å². The third kappa shape index (κ3) is 4.77. The molecule has 5 nitrogen and oxygen atoms in total. The summed E-state index contributed by atoms with van der Waals surface area (Å²) < 4.78 is 33.2. The van der Waals surface area contributed by atoms with Crippen LogP contribution < -0.4 is 15.4 Å². The Kier molecular flexibility index (Phi) is 6.61. The standard InChI is InChI=1S/C30H26F2N2O3/c1-17-27(30(36)34-24-12-11-21(31)16-23(24)32)28(19-9-6-10-22(13-19)37-2)29-25(33-17)14-20(15-26(29)35)18-7-4-3-5-8-18/h3-13,16,20,28,33H,14-15H2,1-2H3,(H,34,36). The third-order valence-corrected chi connectivity index (χ3v) is 6.95. The Hall–Kier alpha value is -4.26. The van der Waals surface area contributed by atoms with E-state index in [1.807, 2.05) is 36.4 Å². The van der Waals surface area contributed by atoms with E-state index in [1.165, 1.54) is 6.07 Å². The van der Waals surface area contributed by atoms with Crippen molar-refractivity contribution in [2.24, 2.45) is 0 Å². The van der Waals surface area contributed by atoms with Crippen LogP contribution in [0.3, 0.4) is 0 Å². The predicted octanol–water partition coefficient (Wildman–Crippen LogP) is 5.97. The van der Waals surface area contributed by atoms with E-state index in [0.717, 1.165) is 17.3 Å². The second kappa shape index (κ2) is 10.0. The number of ketones is 1. The number of Topliss-reactive ketones (excluding diaryl/α,β-unsaturated/α-hetero) is 1. The number of carbonyl (C=O) groups excluding carboxylic acids is 2. The molecule has 0 radical (unpaired) electrons. The van der Waals surface area contributed by atoms with Crippen LogP contribution in [-0.2, 0) is 9.59 Å². The molecule has 1 heterocycles. The molecule has 2 unspecified atom stereocenters. The highest BCUT2D eigenvalue weighted by Crippen LogP contribution is 2.46. The second-order valence-electron chi connectivity index (χ2n) is 9.28. The number of halogens is 2. The molecule has 0 aromatic heterocycles. The lowest BCUT2D eigenvalue weighted by molar-refractivity contribution is -0.116. The van der Waals surface area contributed by atoms with Crippen molar-refractivity contribution >= 4 is 17.4 Å². The van der Waals surface area contributed by atoms with Gasteiger partial charge in [0.25, 0.3) is 5.91 Å². The van der Waals surface area contributed by atoms with E-state index in [9.17, 15) is 18.4 Å². The summed E-state index contributed by atoms with van der Waals surface area (Å²) in [5.74, 6) is -2.33. The molecule has 2 atom stereocenters. The van der Waals surface area contributed by atoms with Gasteiger partial charge in [-0.3, -0.25) is 9.59 Å². The summed E-state index contributed by atoms with van der Waals surface area (Å²) in [6, 6.07) is 20.1. The first-order chi connectivity index (χ1) is 17.9. The normalized spacial score (nSPS) is 19.3. The molecule has 2 N–H and O–H groups in total. The molecule has 5 rings (SSSR count). The molecule has 3 aromatic carbocycles. The van der Waals surface area contributed by atoms with Gasteiger partial charge in [-0.15, -0.1) is 0 Å². The summed E-state index contributed by atoms with van der Waals surface area (Å²) in [7, 11) is 1.55. The quantitative estimate of drug-likeness (QED) is 0.453. The van der Waals surface area contributed by atoms with Gasteiger partial charge in [0.1, 0.15) is 17.4 Å². The number of nitrogens with one attached hydrogen (secondary N) is 2. The number of ether oxygens (including phenoxy) is 1. The summed E-state index contributed by atoms with van der Waals surface area (Å²) in [4.78, 5) is 27.3. The average Bonchev–Trinajstić information content (AvgIpc) is 2.89. The van der Waals surface area contributed by atoms with Crippen LogP contribution in [0.1, 0.15) is 42.7 Å². The van der Waals surface area contributed by atoms with Crippen molar-refractivity contribution in [3.05, 3.63) is 118 Å². The molecular weight excluding hydrogens is 474 g/mol. The zero-order valence-corrected chi connectivity index (χ0v) is 20.5. The number of anilines is 1. The Morgan fingerprint density at radius 1 is 0.973 bits per heavy atom. The lowest BCUT2D eigenvalue weighted by atomic mass is 9.71. The van der Waals surface area contributed by atoms with Crippen LogP contribution >= 0.6 is 0 Å². The van der Waals surface area contributed by atoms with Gasteiger partial charge < -0.3 is 15.4 Å². The Morgan fingerprint density at radius 2 is 1.73 bits per heavy atom. The molecule has 3 aromatic rings. The Balaban J connectivity index is 1.58. The summed E-state index contributed by atoms with van der Waals surface area (Å²) in [5.41, 5.74) is 3.81. The maximum Gasteiger partial charge on any atom is 0.254 e. The predicted molar refractivity (Wildman–Crippen MR) is 137 cm³/mol. The summed E-state index contributed by atoms with van der Waals surface area (Å²) in [5, 5.41) is 5.88. The number of carbonyl (C=O) groups is 2. The number of benzene rings is 3. The highest BCUT2D eigenvalue weighted by atomic mass is 19.1. The number of hydrogen-bond donors (Lipinski definition) is 2. The average molecular weight is 501 g/mol. The number of dihydropyridines is 1.